The molecule has 21 unspecified atom stereocenters. The van der Waals surface area contributed by atoms with Gasteiger partial charge < -0.3 is 104 Å². The largest absolute Gasteiger partial charge is 0.394 e. The molecule has 0 aromatic carbocycles. The molecule has 21 heteroatoms. The van der Waals surface area contributed by atoms with Crippen molar-refractivity contribution in [2.24, 2.45) is 0 Å². The van der Waals surface area contributed by atoms with E-state index in [1.165, 1.54) is 6.92 Å². The van der Waals surface area contributed by atoms with Crippen LogP contribution >= 0.6 is 0 Å². The number of aliphatic hydroxyl groups excluding tert-OH is 13. The van der Waals surface area contributed by atoms with Crippen LogP contribution in [-0.2, 0) is 37.9 Å². The Labute approximate surface area is 379 Å². The van der Waals surface area contributed by atoms with Gasteiger partial charge in [0.05, 0.1) is 38.1 Å². The van der Waals surface area contributed by atoms with Crippen LogP contribution in [0.15, 0.2) is 47.6 Å². The highest BCUT2D eigenvalue weighted by Crippen LogP contribution is 2.32. The van der Waals surface area contributed by atoms with Crippen LogP contribution < -0.4 is 0 Å². The van der Waals surface area contributed by atoms with Gasteiger partial charge in [-0.15, -0.1) is 6.58 Å². The first-order valence-corrected chi connectivity index (χ1v) is 22.2. The Kier molecular flexibility index (Phi) is 22.0. The average Bonchev–Trinajstić information content (AvgIpc) is 3.28. The highest BCUT2D eigenvalue weighted by Gasteiger charge is 2.52. The first-order chi connectivity index (χ1) is 30.7. The molecule has 0 aromatic heterocycles. The molecule has 0 saturated carbocycles. The second kappa shape index (κ2) is 25.6. The molecule has 4 heterocycles. The van der Waals surface area contributed by atoms with E-state index < -0.39 is 148 Å². The van der Waals surface area contributed by atoms with Crippen molar-refractivity contribution in [2.75, 3.05) is 26.4 Å². The van der Waals surface area contributed by atoms with Crippen LogP contribution in [0.3, 0.4) is 0 Å². The fraction of sp³-hybridized carbons (Fsp3) is 0.818. The summed E-state index contributed by atoms with van der Waals surface area (Å²) in [7, 11) is 0. The Balaban J connectivity index is 1.30. The first-order valence-electron chi connectivity index (χ1n) is 22.2. The fourth-order valence-electron chi connectivity index (χ4n) is 7.81. The third-order valence-electron chi connectivity index (χ3n) is 12.4. The summed E-state index contributed by atoms with van der Waals surface area (Å²) >= 11 is 0. The van der Waals surface area contributed by atoms with Crippen LogP contribution in [0.25, 0.3) is 0 Å². The summed E-state index contributed by atoms with van der Waals surface area (Å²) in [6.07, 6.45) is -18.1. The number of allylic oxidation sites excluding steroid dienone is 5. The molecule has 21 nitrogen and oxygen atoms in total. The lowest BCUT2D eigenvalue weighted by molar-refractivity contribution is -0.371. The topological polar surface area (TPSA) is 337 Å². The lowest BCUT2D eigenvalue weighted by Gasteiger charge is -2.46. The minimum Gasteiger partial charge on any atom is -0.394 e. The predicted octanol–water partition coefficient (Wildman–Crippen LogP) is -2.58. The highest BCUT2D eigenvalue weighted by molar-refractivity contribution is 5.08. The predicted molar refractivity (Wildman–Crippen MR) is 226 cm³/mol. The van der Waals surface area contributed by atoms with E-state index in [-0.39, 0.29) is 6.61 Å². The molecular weight excluding hydrogens is 864 g/mol. The van der Waals surface area contributed by atoms with Crippen molar-refractivity contribution in [2.45, 2.75) is 202 Å². The molecule has 4 rings (SSSR count). The molecule has 13 N–H and O–H groups in total. The number of rotatable bonds is 22. The normalized spacial score (nSPS) is 42.2. The van der Waals surface area contributed by atoms with E-state index in [1.807, 2.05) is 26.8 Å². The van der Waals surface area contributed by atoms with Gasteiger partial charge in [0.2, 0.25) is 0 Å². The van der Waals surface area contributed by atoms with Crippen molar-refractivity contribution in [1.82, 2.24) is 0 Å². The smallest absolute Gasteiger partial charge is 0.187 e. The Hall–Kier alpha value is -1.88. The Morgan fingerprint density at radius 1 is 0.538 bits per heavy atom. The number of ether oxygens (including phenoxy) is 8. The molecule has 65 heavy (non-hydrogen) atoms. The zero-order valence-electron chi connectivity index (χ0n) is 37.7. The molecule has 4 fully saturated rings. The molecule has 21 atom stereocenters. The van der Waals surface area contributed by atoms with Gasteiger partial charge in [-0.1, -0.05) is 41.0 Å². The van der Waals surface area contributed by atoms with E-state index >= 15 is 0 Å². The van der Waals surface area contributed by atoms with Crippen LogP contribution in [-0.4, -0.2) is 221 Å². The highest BCUT2D eigenvalue weighted by atomic mass is 16.8. The molecule has 0 bridgehead atoms. The molecule has 0 amide bonds. The first kappa shape index (κ1) is 55.7. The molecule has 4 aliphatic rings. The van der Waals surface area contributed by atoms with Crippen LogP contribution in [0.1, 0.15) is 73.1 Å². The summed E-state index contributed by atoms with van der Waals surface area (Å²) in [5, 5.41) is 134. The fourth-order valence-corrected chi connectivity index (χ4v) is 7.81. The van der Waals surface area contributed by atoms with Crippen molar-refractivity contribution in [1.29, 1.82) is 0 Å². The number of hydrogen-bond donors (Lipinski definition) is 13. The van der Waals surface area contributed by atoms with Gasteiger partial charge in [0.15, 0.2) is 25.2 Å². The number of aliphatic hydroxyl groups is 13. The monoisotopic (exact) mass is 938 g/mol. The maximum absolute atomic E-state index is 11.3. The lowest BCUT2D eigenvalue weighted by atomic mass is 9.96. The van der Waals surface area contributed by atoms with Crippen LogP contribution in [0.4, 0.5) is 0 Å². The van der Waals surface area contributed by atoms with Gasteiger partial charge in [0.25, 0.3) is 0 Å². The molecular formula is C44H74O21. The van der Waals surface area contributed by atoms with Crippen molar-refractivity contribution < 1.29 is 104 Å². The third-order valence-corrected chi connectivity index (χ3v) is 12.4. The quantitative estimate of drug-likeness (QED) is 0.0496. The minimum absolute atomic E-state index is 0.0488. The maximum atomic E-state index is 11.3. The molecule has 0 aliphatic carbocycles. The van der Waals surface area contributed by atoms with Crippen molar-refractivity contribution >= 4 is 0 Å². The van der Waals surface area contributed by atoms with Gasteiger partial charge in [-0.2, -0.15) is 0 Å². The van der Waals surface area contributed by atoms with Gasteiger partial charge in [-0.05, 0) is 73.1 Å². The summed E-state index contributed by atoms with van der Waals surface area (Å²) in [6.45, 7) is 11.1. The standard InChI is InChI=1S/C44H74O21/c1-7-44(6,65-42-38(57)34(53)30(49)26(18-46)62-42)16-10-15-22(3)12-8-11-21(2)13-9-14-23(4)19-58-43-39(64-41-37(56)33(52)29(48)25(17-45)61-41)35(54)31(50)27(63-43)20-59-40-36(55)32(51)28(47)24(5)60-40/h7,11,14-15,24-43,45-57H,1,8-10,12-13,16-20H2,2-6H3. The summed E-state index contributed by atoms with van der Waals surface area (Å²) in [5.41, 5.74) is 2.14. The number of hydrogen-bond acceptors (Lipinski definition) is 21. The molecule has 0 aromatic rings. The van der Waals surface area contributed by atoms with Gasteiger partial charge in [-0.3, -0.25) is 0 Å². The second-order valence-electron chi connectivity index (χ2n) is 17.7. The van der Waals surface area contributed by atoms with E-state index in [9.17, 15) is 66.4 Å². The Bertz CT molecular complexity index is 1540. The van der Waals surface area contributed by atoms with Crippen molar-refractivity contribution in [3.8, 4) is 0 Å². The SMILES string of the molecule is C=CC(C)(CCC=C(C)CCC=C(C)CCC=C(C)COC1OC(COC2OC(C)C(O)C(O)C2O)C(O)C(O)C1OC1OC(CO)C(O)C(O)C1O)OC1OC(CO)C(O)C(O)C1O. The van der Waals surface area contributed by atoms with Crippen molar-refractivity contribution in [3.05, 3.63) is 47.6 Å². The van der Waals surface area contributed by atoms with Crippen LogP contribution in [0.2, 0.25) is 0 Å². The summed E-state index contributed by atoms with van der Waals surface area (Å²) < 4.78 is 45.9. The molecule has 376 valence electrons. The van der Waals surface area contributed by atoms with Gasteiger partial charge in [0, 0.05) is 0 Å². The second-order valence-corrected chi connectivity index (χ2v) is 17.7. The maximum Gasteiger partial charge on any atom is 0.187 e. The molecule has 4 saturated heterocycles. The van der Waals surface area contributed by atoms with E-state index in [4.69, 9.17) is 37.9 Å². The molecule has 0 radical (unpaired) electrons. The zero-order valence-corrected chi connectivity index (χ0v) is 37.7. The summed E-state index contributed by atoms with van der Waals surface area (Å²) in [5.74, 6) is 0. The Morgan fingerprint density at radius 3 is 1.58 bits per heavy atom. The summed E-state index contributed by atoms with van der Waals surface area (Å²) in [6, 6.07) is 0. The lowest BCUT2D eigenvalue weighted by Crippen LogP contribution is -2.65. The minimum atomic E-state index is -1.83. The van der Waals surface area contributed by atoms with E-state index in [1.54, 1.807) is 13.0 Å². The molecule has 0 spiro atoms. The van der Waals surface area contributed by atoms with Gasteiger partial charge >= 0.3 is 0 Å². The van der Waals surface area contributed by atoms with E-state index in [0.29, 0.717) is 19.3 Å². The Morgan fingerprint density at radius 2 is 1.02 bits per heavy atom. The van der Waals surface area contributed by atoms with E-state index in [0.717, 1.165) is 36.0 Å². The summed E-state index contributed by atoms with van der Waals surface area (Å²) in [4.78, 5) is 0. The van der Waals surface area contributed by atoms with Crippen molar-refractivity contribution in [3.63, 3.8) is 0 Å². The van der Waals surface area contributed by atoms with Crippen LogP contribution in [0.5, 0.6) is 0 Å². The average molecular weight is 939 g/mol. The zero-order chi connectivity index (χ0) is 48.3. The van der Waals surface area contributed by atoms with Gasteiger partial charge in [-0.25, -0.2) is 0 Å². The van der Waals surface area contributed by atoms with Gasteiger partial charge in [0.1, 0.15) is 91.6 Å². The van der Waals surface area contributed by atoms with Crippen LogP contribution in [0, 0.1) is 0 Å². The molecule has 4 aliphatic heterocycles. The third kappa shape index (κ3) is 14.8. The van der Waals surface area contributed by atoms with E-state index in [2.05, 4.69) is 18.7 Å².